The Balaban J connectivity index is 2.14. The van der Waals surface area contributed by atoms with E-state index in [4.69, 9.17) is 5.11 Å². The van der Waals surface area contributed by atoms with Crippen molar-refractivity contribution in [1.82, 2.24) is 9.55 Å². The van der Waals surface area contributed by atoms with Gasteiger partial charge >= 0.3 is 5.97 Å². The number of aromatic carboxylic acids is 1. The largest absolute Gasteiger partial charge is 0.478 e. The van der Waals surface area contributed by atoms with Crippen molar-refractivity contribution in [2.75, 3.05) is 0 Å². The van der Waals surface area contributed by atoms with Crippen molar-refractivity contribution in [3.05, 3.63) is 29.6 Å². The summed E-state index contributed by atoms with van der Waals surface area (Å²) in [7, 11) is 0. The van der Waals surface area contributed by atoms with Gasteiger partial charge in [-0.1, -0.05) is 20.8 Å². The van der Waals surface area contributed by atoms with Crippen LogP contribution in [-0.2, 0) is 6.54 Å². The Hall–Kier alpha value is -1.84. The molecule has 1 aliphatic rings. The lowest BCUT2D eigenvalue weighted by Crippen LogP contribution is -2.12. The molecule has 0 unspecified atom stereocenters. The lowest BCUT2D eigenvalue weighted by atomic mass is 10.1. The molecule has 1 heterocycles. The van der Waals surface area contributed by atoms with Crippen LogP contribution >= 0.6 is 0 Å². The van der Waals surface area contributed by atoms with Gasteiger partial charge in [0, 0.05) is 12.5 Å². The van der Waals surface area contributed by atoms with Gasteiger partial charge in [-0.25, -0.2) is 9.78 Å². The van der Waals surface area contributed by atoms with Crippen molar-refractivity contribution < 1.29 is 9.90 Å². The first-order valence-electron chi connectivity index (χ1n) is 7.13. The van der Waals surface area contributed by atoms with Crippen LogP contribution in [-0.4, -0.2) is 20.6 Å². The molecule has 0 saturated heterocycles. The molecule has 0 spiro atoms. The van der Waals surface area contributed by atoms with Gasteiger partial charge in [-0.05, 0) is 36.5 Å². The SMILES string of the molecule is CC(C)c1nc2cc(C(=O)O)ccc2n1CC1(C)CC1. The van der Waals surface area contributed by atoms with Gasteiger partial charge in [0.1, 0.15) is 5.82 Å². The Morgan fingerprint density at radius 2 is 2.15 bits per heavy atom. The van der Waals surface area contributed by atoms with Crippen LogP contribution in [0, 0.1) is 5.41 Å². The van der Waals surface area contributed by atoms with Crippen LogP contribution in [0.1, 0.15) is 55.7 Å². The van der Waals surface area contributed by atoms with Crippen molar-refractivity contribution >= 4 is 17.0 Å². The summed E-state index contributed by atoms with van der Waals surface area (Å²) in [4.78, 5) is 15.7. The van der Waals surface area contributed by atoms with E-state index in [1.54, 1.807) is 12.1 Å². The number of rotatable bonds is 4. The molecular formula is C16H20N2O2. The maximum absolute atomic E-state index is 11.1. The van der Waals surface area contributed by atoms with Crippen molar-refractivity contribution in [3.8, 4) is 0 Å². The molecule has 20 heavy (non-hydrogen) atoms. The Bertz CT molecular complexity index is 681. The zero-order valence-electron chi connectivity index (χ0n) is 12.2. The predicted octanol–water partition coefficient (Wildman–Crippen LogP) is 3.66. The standard InChI is InChI=1S/C16H20N2O2/c1-10(2)14-17-12-8-11(15(19)20)4-5-13(12)18(14)9-16(3)6-7-16/h4-5,8,10H,6-7,9H2,1-3H3,(H,19,20). The number of carboxylic acid groups (broad SMARTS) is 1. The fourth-order valence-electron chi connectivity index (χ4n) is 2.64. The second-order valence-electron chi connectivity index (χ2n) is 6.53. The maximum atomic E-state index is 11.1. The molecule has 0 atom stereocenters. The third-order valence-corrected chi connectivity index (χ3v) is 4.18. The Morgan fingerprint density at radius 3 is 2.70 bits per heavy atom. The van der Waals surface area contributed by atoms with Crippen LogP contribution in [0.25, 0.3) is 11.0 Å². The molecule has 1 fully saturated rings. The van der Waals surface area contributed by atoms with Gasteiger partial charge < -0.3 is 9.67 Å². The first kappa shape index (κ1) is 13.2. The average molecular weight is 272 g/mol. The van der Waals surface area contributed by atoms with E-state index in [1.165, 1.54) is 12.8 Å². The van der Waals surface area contributed by atoms with E-state index in [2.05, 4.69) is 30.3 Å². The van der Waals surface area contributed by atoms with Crippen LogP contribution < -0.4 is 0 Å². The molecule has 3 rings (SSSR count). The molecule has 4 nitrogen and oxygen atoms in total. The van der Waals surface area contributed by atoms with Crippen LogP contribution in [0.5, 0.6) is 0 Å². The van der Waals surface area contributed by atoms with Gasteiger partial charge in [0.25, 0.3) is 0 Å². The van der Waals surface area contributed by atoms with E-state index in [1.807, 2.05) is 6.07 Å². The Kier molecular flexibility index (Phi) is 2.85. The minimum Gasteiger partial charge on any atom is -0.478 e. The third kappa shape index (κ3) is 2.19. The van der Waals surface area contributed by atoms with E-state index >= 15 is 0 Å². The summed E-state index contributed by atoms with van der Waals surface area (Å²) in [5.41, 5.74) is 2.53. The minimum atomic E-state index is -0.901. The zero-order chi connectivity index (χ0) is 14.5. The molecule has 0 bridgehead atoms. The molecule has 0 amide bonds. The van der Waals surface area contributed by atoms with Crippen LogP contribution in [0.2, 0.25) is 0 Å². The third-order valence-electron chi connectivity index (χ3n) is 4.18. The highest BCUT2D eigenvalue weighted by Gasteiger charge is 2.38. The maximum Gasteiger partial charge on any atom is 0.335 e. The smallest absolute Gasteiger partial charge is 0.335 e. The number of nitrogens with zero attached hydrogens (tertiary/aromatic N) is 2. The fraction of sp³-hybridized carbons (Fsp3) is 0.500. The second-order valence-corrected chi connectivity index (χ2v) is 6.53. The summed E-state index contributed by atoms with van der Waals surface area (Å²) in [5.74, 6) is 0.482. The average Bonchev–Trinajstić information content (AvgIpc) is 2.99. The normalized spacial score (nSPS) is 16.8. The van der Waals surface area contributed by atoms with Gasteiger partial charge in [0.15, 0.2) is 0 Å². The Labute approximate surface area is 118 Å². The van der Waals surface area contributed by atoms with Crippen molar-refractivity contribution in [3.63, 3.8) is 0 Å². The van der Waals surface area contributed by atoms with Gasteiger partial charge in [0.05, 0.1) is 16.6 Å². The molecule has 2 aromatic rings. The van der Waals surface area contributed by atoms with E-state index < -0.39 is 5.97 Å². The Morgan fingerprint density at radius 1 is 1.45 bits per heavy atom. The summed E-state index contributed by atoms with van der Waals surface area (Å²) >= 11 is 0. The monoisotopic (exact) mass is 272 g/mol. The topological polar surface area (TPSA) is 55.1 Å². The molecule has 1 N–H and O–H groups in total. The van der Waals surface area contributed by atoms with E-state index in [0.717, 1.165) is 23.4 Å². The first-order chi connectivity index (χ1) is 9.39. The molecule has 0 aliphatic heterocycles. The number of carboxylic acids is 1. The van der Waals surface area contributed by atoms with Gasteiger partial charge in [0.2, 0.25) is 0 Å². The van der Waals surface area contributed by atoms with Gasteiger partial charge in [-0.3, -0.25) is 0 Å². The van der Waals surface area contributed by atoms with Crippen molar-refractivity contribution in [2.45, 2.75) is 46.1 Å². The van der Waals surface area contributed by atoms with Crippen molar-refractivity contribution in [2.24, 2.45) is 5.41 Å². The number of imidazole rings is 1. The molecule has 1 saturated carbocycles. The number of carbonyl (C=O) groups is 1. The van der Waals surface area contributed by atoms with Crippen LogP contribution in [0.15, 0.2) is 18.2 Å². The predicted molar refractivity (Wildman–Crippen MR) is 78.1 cm³/mol. The number of hydrogen-bond donors (Lipinski definition) is 1. The van der Waals surface area contributed by atoms with E-state index in [-0.39, 0.29) is 0 Å². The molecule has 4 heteroatoms. The highest BCUT2D eigenvalue weighted by atomic mass is 16.4. The fourth-order valence-corrected chi connectivity index (χ4v) is 2.64. The highest BCUT2D eigenvalue weighted by molar-refractivity contribution is 5.92. The van der Waals surface area contributed by atoms with Crippen LogP contribution in [0.4, 0.5) is 0 Å². The minimum absolute atomic E-state index is 0.301. The second kappa shape index (κ2) is 4.33. The number of hydrogen-bond acceptors (Lipinski definition) is 2. The van der Waals surface area contributed by atoms with Crippen LogP contribution in [0.3, 0.4) is 0 Å². The lowest BCUT2D eigenvalue weighted by Gasteiger charge is -2.15. The molecule has 0 radical (unpaired) electrons. The summed E-state index contributed by atoms with van der Waals surface area (Å²) in [6.45, 7) is 7.54. The summed E-state index contributed by atoms with van der Waals surface area (Å²) in [6, 6.07) is 5.24. The number of aromatic nitrogens is 2. The molecule has 1 aromatic heterocycles. The molecule has 1 aliphatic carbocycles. The summed E-state index contributed by atoms with van der Waals surface area (Å²) in [5, 5.41) is 9.09. The zero-order valence-corrected chi connectivity index (χ0v) is 12.2. The molecule has 106 valence electrons. The summed E-state index contributed by atoms with van der Waals surface area (Å²) in [6.07, 6.45) is 2.52. The van der Waals surface area contributed by atoms with Gasteiger partial charge in [-0.15, -0.1) is 0 Å². The highest BCUT2D eigenvalue weighted by Crippen LogP contribution is 2.47. The number of benzene rings is 1. The first-order valence-corrected chi connectivity index (χ1v) is 7.13. The molecule has 1 aromatic carbocycles. The number of fused-ring (bicyclic) bond motifs is 1. The van der Waals surface area contributed by atoms with E-state index in [9.17, 15) is 4.79 Å². The lowest BCUT2D eigenvalue weighted by molar-refractivity contribution is 0.0697. The quantitative estimate of drug-likeness (QED) is 0.924. The van der Waals surface area contributed by atoms with E-state index in [0.29, 0.717) is 16.9 Å². The van der Waals surface area contributed by atoms with Crippen molar-refractivity contribution in [1.29, 1.82) is 0 Å². The molecular weight excluding hydrogens is 252 g/mol. The summed E-state index contributed by atoms with van der Waals surface area (Å²) < 4.78 is 2.28. The van der Waals surface area contributed by atoms with Gasteiger partial charge in [-0.2, -0.15) is 0 Å².